The molecule has 0 saturated carbocycles. The van der Waals surface area contributed by atoms with Crippen LogP contribution in [-0.4, -0.2) is 109 Å². The van der Waals surface area contributed by atoms with Crippen molar-refractivity contribution in [3.8, 4) is 0 Å². The van der Waals surface area contributed by atoms with E-state index in [-0.39, 0.29) is 40.7 Å². The first-order valence-corrected chi connectivity index (χ1v) is 16.5. The number of fused-ring (bicyclic) bond motifs is 5. The van der Waals surface area contributed by atoms with Crippen LogP contribution in [0.15, 0.2) is 23.8 Å². The lowest BCUT2D eigenvalue weighted by molar-refractivity contribution is -0.0617. The summed E-state index contributed by atoms with van der Waals surface area (Å²) in [5.74, 6) is -0.0692. The van der Waals surface area contributed by atoms with Crippen molar-refractivity contribution >= 4 is 57.7 Å². The van der Waals surface area contributed by atoms with E-state index in [1.165, 1.54) is 35.2 Å². The number of aromatic amines is 1. The summed E-state index contributed by atoms with van der Waals surface area (Å²) in [5.41, 5.74) is 11.6. The lowest BCUT2D eigenvalue weighted by Crippen LogP contribution is -2.37. The predicted octanol–water partition coefficient (Wildman–Crippen LogP) is -0.951. The van der Waals surface area contributed by atoms with E-state index >= 15 is 4.39 Å². The molecule has 10 unspecified atom stereocenters. The molecule has 4 aromatic rings. The Balaban J connectivity index is 1.19. The minimum Gasteiger partial charge on any atom is -0.382 e. The van der Waals surface area contributed by atoms with Gasteiger partial charge in [-0.2, -0.15) is 4.98 Å². The summed E-state index contributed by atoms with van der Waals surface area (Å²) >= 11 is 0. The molecule has 0 aromatic carbocycles. The number of hydrogen-bond acceptors (Lipinski definition) is 16. The molecule has 3 fully saturated rings. The molecule has 0 radical (unpaired) electrons. The minimum absolute atomic E-state index is 0.00234. The quantitative estimate of drug-likeness (QED) is 0.151. The van der Waals surface area contributed by atoms with E-state index in [9.17, 15) is 14.3 Å². The number of alkyl halides is 1. The number of phosphoric ester groups is 1. The second kappa shape index (κ2) is 11.6. The number of phosphoric acid groups is 1. The van der Waals surface area contributed by atoms with Gasteiger partial charge in [0.2, 0.25) is 13.5 Å². The number of methoxy groups -OCH3 is 1. The Kier molecular flexibility index (Phi) is 7.84. The molecular formula is C21H26BFN10O10P2. The first-order chi connectivity index (χ1) is 21.5. The number of nitrogens with two attached hydrogens (primary N) is 2. The van der Waals surface area contributed by atoms with Crippen LogP contribution in [0.2, 0.25) is 0 Å². The average Bonchev–Trinajstić information content (AvgIpc) is 3.75. The van der Waals surface area contributed by atoms with Gasteiger partial charge in [0.25, 0.3) is 5.56 Å². The number of nitrogens with zero attached hydrogens (tertiary/aromatic N) is 7. The topological polar surface area (TPSA) is 261 Å². The van der Waals surface area contributed by atoms with Crippen LogP contribution < -0.4 is 17.0 Å². The normalized spacial score (nSPS) is 36.0. The molecule has 10 atom stereocenters. The van der Waals surface area contributed by atoms with Crippen LogP contribution in [0.25, 0.3) is 22.3 Å². The maximum absolute atomic E-state index is 16.0. The third-order valence-electron chi connectivity index (χ3n) is 7.56. The second-order valence-electron chi connectivity index (χ2n) is 10.3. The molecule has 24 heteroatoms. The molecule has 3 aliphatic rings. The number of aromatic nitrogens is 8. The summed E-state index contributed by atoms with van der Waals surface area (Å²) in [4.78, 5) is 45.9. The van der Waals surface area contributed by atoms with Gasteiger partial charge in [-0.15, -0.1) is 0 Å². The molecule has 240 valence electrons. The molecule has 0 spiro atoms. The summed E-state index contributed by atoms with van der Waals surface area (Å²) in [6.07, 6.45) is -6.22. The van der Waals surface area contributed by atoms with Gasteiger partial charge in [0, 0.05) is 7.11 Å². The van der Waals surface area contributed by atoms with Crippen LogP contribution in [0.3, 0.4) is 0 Å². The predicted molar refractivity (Wildman–Crippen MR) is 153 cm³/mol. The zero-order chi connectivity index (χ0) is 31.6. The van der Waals surface area contributed by atoms with Crippen molar-refractivity contribution in [3.63, 3.8) is 0 Å². The molecule has 45 heavy (non-hydrogen) atoms. The number of hydrogen-bond donors (Lipinski definition) is 4. The molecule has 3 aliphatic heterocycles. The highest BCUT2D eigenvalue weighted by Gasteiger charge is 2.53. The van der Waals surface area contributed by atoms with Crippen molar-refractivity contribution in [3.05, 3.63) is 29.3 Å². The number of rotatable bonds is 3. The Morgan fingerprint density at radius 3 is 2.60 bits per heavy atom. The Morgan fingerprint density at radius 1 is 1.09 bits per heavy atom. The maximum Gasteiger partial charge on any atom is 0.472 e. The third-order valence-corrected chi connectivity index (χ3v) is 9.60. The molecule has 7 rings (SSSR count). The van der Waals surface area contributed by atoms with E-state index in [1.54, 1.807) is 7.57 Å². The van der Waals surface area contributed by atoms with Crippen molar-refractivity contribution in [1.82, 2.24) is 39.0 Å². The fraction of sp³-hybridized carbons (Fsp3) is 0.524. The number of nitrogens with one attached hydrogen (secondary N) is 1. The first kappa shape index (κ1) is 30.5. The van der Waals surface area contributed by atoms with E-state index in [4.69, 9.17) is 43.8 Å². The Labute approximate surface area is 253 Å². The van der Waals surface area contributed by atoms with Crippen LogP contribution in [0, 0.1) is 0 Å². The van der Waals surface area contributed by atoms with Gasteiger partial charge in [-0.25, -0.2) is 28.9 Å². The molecule has 20 nitrogen and oxygen atoms in total. The fourth-order valence-electron chi connectivity index (χ4n) is 5.56. The Bertz CT molecular complexity index is 1850. The highest BCUT2D eigenvalue weighted by molar-refractivity contribution is 7.74. The molecule has 2 bridgehead atoms. The molecule has 3 saturated heterocycles. The molecule has 6 N–H and O–H groups in total. The number of nitrogen functional groups attached to an aromatic ring is 2. The summed E-state index contributed by atoms with van der Waals surface area (Å²) in [5, 5.41) is 0. The number of ether oxygens (including phenoxy) is 3. The number of imidazole rings is 2. The average molecular weight is 670 g/mol. The van der Waals surface area contributed by atoms with Gasteiger partial charge >= 0.3 is 7.82 Å². The molecule has 4 aromatic heterocycles. The van der Waals surface area contributed by atoms with Gasteiger partial charge in [0.05, 0.1) is 25.9 Å². The van der Waals surface area contributed by atoms with Crippen LogP contribution in [0.5, 0.6) is 0 Å². The summed E-state index contributed by atoms with van der Waals surface area (Å²) in [7, 11) is -3.66. The van der Waals surface area contributed by atoms with E-state index in [1.807, 2.05) is 0 Å². The van der Waals surface area contributed by atoms with Gasteiger partial charge in [-0.3, -0.25) is 28.0 Å². The highest BCUT2D eigenvalue weighted by Crippen LogP contribution is 2.52. The molecule has 0 amide bonds. The monoisotopic (exact) mass is 670 g/mol. The van der Waals surface area contributed by atoms with Gasteiger partial charge in [-0.05, 0) is 0 Å². The minimum atomic E-state index is -4.95. The van der Waals surface area contributed by atoms with E-state index in [2.05, 4.69) is 29.9 Å². The summed E-state index contributed by atoms with van der Waals surface area (Å²) in [6.45, 7) is -0.844. The van der Waals surface area contributed by atoms with Crippen molar-refractivity contribution in [1.29, 1.82) is 0 Å². The first-order valence-electron chi connectivity index (χ1n) is 13.4. The van der Waals surface area contributed by atoms with Gasteiger partial charge in [0.1, 0.15) is 50.6 Å². The van der Waals surface area contributed by atoms with Crippen LogP contribution in [0.4, 0.5) is 16.2 Å². The van der Waals surface area contributed by atoms with E-state index < -0.39 is 77.4 Å². The number of anilines is 2. The van der Waals surface area contributed by atoms with E-state index in [0.29, 0.717) is 0 Å². The zero-order valence-electron chi connectivity index (χ0n) is 23.4. The van der Waals surface area contributed by atoms with Gasteiger partial charge < -0.3 is 39.6 Å². The number of halogens is 1. The second-order valence-corrected chi connectivity index (χ2v) is 13.0. The molecular weight excluding hydrogens is 644 g/mol. The maximum atomic E-state index is 16.0. The van der Waals surface area contributed by atoms with Crippen molar-refractivity contribution in [2.24, 2.45) is 0 Å². The fourth-order valence-corrected chi connectivity index (χ4v) is 7.50. The smallest absolute Gasteiger partial charge is 0.382 e. The zero-order valence-corrected chi connectivity index (χ0v) is 25.2. The summed E-state index contributed by atoms with van der Waals surface area (Å²) in [6, 6.07) is 0. The van der Waals surface area contributed by atoms with Gasteiger partial charge in [0.15, 0.2) is 41.3 Å². The lowest BCUT2D eigenvalue weighted by Gasteiger charge is -2.27. The molecule has 7 heterocycles. The SMILES string of the molecule is BP1OCC2OC(n3cnc4c(N)ncnc43)C(F)C2OP(=O)(O)OCC2OC(n3cnc4c(=O)[nH]c(N)nc43)C(O1)C2OC. The van der Waals surface area contributed by atoms with Crippen LogP contribution >= 0.6 is 16.1 Å². The third kappa shape index (κ3) is 5.40. The Hall–Kier alpha value is -3.17. The van der Waals surface area contributed by atoms with Crippen molar-refractivity contribution < 1.29 is 46.2 Å². The number of H-pyrrole nitrogens is 1. The highest BCUT2D eigenvalue weighted by atomic mass is 31.2. The van der Waals surface area contributed by atoms with Crippen LogP contribution in [0.1, 0.15) is 12.5 Å². The van der Waals surface area contributed by atoms with Crippen molar-refractivity contribution in [2.45, 2.75) is 49.1 Å². The largest absolute Gasteiger partial charge is 0.472 e. The van der Waals surface area contributed by atoms with Crippen molar-refractivity contribution in [2.75, 3.05) is 31.8 Å². The molecule has 0 aliphatic carbocycles. The van der Waals surface area contributed by atoms with Crippen LogP contribution in [-0.2, 0) is 36.9 Å². The summed E-state index contributed by atoms with van der Waals surface area (Å²) < 4.78 is 72.5. The standard InChI is InChI=1S/C21H26BFN10O10P2/c1-37-13-8-3-39-45(35,36)43-12-7(40-19(9(12)23)32-5-28-10-15(24)26-4-27-16(10)32)2-38-44(22)42-14(13)20(41-8)33-6-29-11-17(33)30-21(25)31-18(11)34/h4-9,12-14,19-20H,2-3,22H2,1H3,(H,35,36)(H2,24,26,27)(H3,25,30,31,34). The lowest BCUT2D eigenvalue weighted by atomic mass is 10.1. The van der Waals surface area contributed by atoms with E-state index in [0.717, 1.165) is 0 Å². The Morgan fingerprint density at radius 2 is 1.82 bits per heavy atom. The van der Waals surface area contributed by atoms with Gasteiger partial charge in [-0.1, -0.05) is 0 Å².